The molecule has 0 aliphatic heterocycles. The largest absolute Gasteiger partial charge is 0.395 e. The van der Waals surface area contributed by atoms with Crippen LogP contribution < -0.4 is 14.9 Å². The molecule has 0 spiro atoms. The Morgan fingerprint density at radius 1 is 0.759 bits per heavy atom. The van der Waals surface area contributed by atoms with Crippen molar-refractivity contribution in [2.75, 3.05) is 26.3 Å². The maximum atomic E-state index is 13.0. The molecular formula is C17H18N2O7S3. The van der Waals surface area contributed by atoms with Crippen LogP contribution in [0.4, 0.5) is 0 Å². The van der Waals surface area contributed by atoms with Crippen LogP contribution in [0.1, 0.15) is 0 Å². The molecule has 9 nitrogen and oxygen atoms in total. The number of rotatable bonds is 8. The minimum absolute atomic E-state index is 0.129. The first kappa shape index (κ1) is 21.8. The van der Waals surface area contributed by atoms with Crippen LogP contribution in [-0.2, 0) is 20.0 Å². The predicted octanol–water partition coefficient (Wildman–Crippen LogP) is -0.0441. The molecule has 0 saturated carbocycles. The number of sulfonamides is 2. The average Bonchev–Trinajstić information content (AvgIpc) is 2.70. The molecular weight excluding hydrogens is 440 g/mol. The van der Waals surface area contributed by atoms with Crippen LogP contribution in [0.25, 0.3) is 20.2 Å². The summed E-state index contributed by atoms with van der Waals surface area (Å²) in [5.41, 5.74) is -0.493. The maximum Gasteiger partial charge on any atom is 0.240 e. The number of hydrogen-bond donors (Lipinski definition) is 4. The topological polar surface area (TPSA) is 150 Å². The Labute approximate surface area is 170 Å². The van der Waals surface area contributed by atoms with Crippen molar-refractivity contribution in [3.63, 3.8) is 0 Å². The normalized spacial score (nSPS) is 12.6. The quantitative estimate of drug-likeness (QED) is 0.346. The summed E-state index contributed by atoms with van der Waals surface area (Å²) in [7, 11) is -7.80. The number of fused-ring (bicyclic) bond motifs is 2. The first-order valence-corrected chi connectivity index (χ1v) is 12.2. The van der Waals surface area contributed by atoms with E-state index in [1.54, 1.807) is 0 Å². The second-order valence-electron chi connectivity index (χ2n) is 5.99. The monoisotopic (exact) mass is 458 g/mol. The van der Waals surface area contributed by atoms with Crippen molar-refractivity contribution in [2.24, 2.45) is 0 Å². The summed E-state index contributed by atoms with van der Waals surface area (Å²) in [4.78, 5) is 12.7. The van der Waals surface area contributed by atoms with Gasteiger partial charge in [0.25, 0.3) is 0 Å². The van der Waals surface area contributed by atoms with E-state index in [4.69, 9.17) is 10.2 Å². The number of benzene rings is 2. The van der Waals surface area contributed by atoms with Crippen molar-refractivity contribution in [3.8, 4) is 0 Å². The molecule has 0 atom stereocenters. The van der Waals surface area contributed by atoms with E-state index >= 15 is 0 Å². The van der Waals surface area contributed by atoms with E-state index in [2.05, 4.69) is 9.44 Å². The van der Waals surface area contributed by atoms with E-state index in [0.29, 0.717) is 9.40 Å². The zero-order valence-corrected chi connectivity index (χ0v) is 17.4. The lowest BCUT2D eigenvalue weighted by Crippen LogP contribution is -2.27. The molecule has 0 amide bonds. The van der Waals surface area contributed by atoms with Crippen molar-refractivity contribution < 1.29 is 27.0 Å². The molecule has 0 aliphatic carbocycles. The molecule has 3 aromatic rings. The summed E-state index contributed by atoms with van der Waals surface area (Å²) >= 11 is 1.23. The fourth-order valence-corrected chi connectivity index (χ4v) is 5.80. The second kappa shape index (κ2) is 8.44. The van der Waals surface area contributed by atoms with Gasteiger partial charge in [0.15, 0.2) is 5.43 Å². The van der Waals surface area contributed by atoms with Crippen LogP contribution in [0.5, 0.6) is 0 Å². The van der Waals surface area contributed by atoms with Gasteiger partial charge in [-0.1, -0.05) is 0 Å². The molecule has 0 fully saturated rings. The Morgan fingerprint density at radius 2 is 1.17 bits per heavy atom. The van der Waals surface area contributed by atoms with Crippen LogP contribution in [0.2, 0.25) is 0 Å². The third-order valence-electron chi connectivity index (χ3n) is 4.04. The van der Waals surface area contributed by atoms with E-state index in [1.807, 2.05) is 0 Å². The van der Waals surface area contributed by atoms with Gasteiger partial charge in [0, 0.05) is 33.3 Å². The molecule has 3 rings (SSSR count). The highest BCUT2D eigenvalue weighted by Gasteiger charge is 2.18. The van der Waals surface area contributed by atoms with Crippen LogP contribution >= 0.6 is 11.3 Å². The number of hydrogen-bond acceptors (Lipinski definition) is 8. The minimum atomic E-state index is -3.90. The molecule has 0 bridgehead atoms. The molecule has 1 aromatic heterocycles. The molecule has 0 unspecified atom stereocenters. The van der Waals surface area contributed by atoms with Crippen molar-refractivity contribution in [1.29, 1.82) is 0 Å². The Morgan fingerprint density at radius 3 is 1.55 bits per heavy atom. The van der Waals surface area contributed by atoms with E-state index < -0.39 is 25.5 Å². The maximum absolute atomic E-state index is 13.0. The SMILES string of the molecule is O=c1c2cc(S(=O)(=O)NCCO)ccc2sc2ccc(S(=O)(=O)NCCO)cc12. The smallest absolute Gasteiger partial charge is 0.240 e. The van der Waals surface area contributed by atoms with Gasteiger partial charge < -0.3 is 10.2 Å². The molecule has 12 heteroatoms. The summed E-state index contributed by atoms with van der Waals surface area (Å²) in [6.07, 6.45) is 0. The third-order valence-corrected chi connectivity index (χ3v) is 8.11. The van der Waals surface area contributed by atoms with Gasteiger partial charge in [0.05, 0.1) is 23.0 Å². The first-order valence-electron chi connectivity index (χ1n) is 8.41. The van der Waals surface area contributed by atoms with Gasteiger partial charge >= 0.3 is 0 Å². The molecule has 156 valence electrons. The summed E-state index contributed by atoms with van der Waals surface area (Å²) in [6, 6.07) is 8.23. The number of aliphatic hydroxyl groups is 2. The first-order chi connectivity index (χ1) is 13.7. The highest BCUT2D eigenvalue weighted by atomic mass is 32.2. The summed E-state index contributed by atoms with van der Waals surface area (Å²) in [5.74, 6) is 0. The van der Waals surface area contributed by atoms with Gasteiger partial charge in [-0.05, 0) is 36.4 Å². The zero-order chi connectivity index (χ0) is 21.2. The third kappa shape index (κ3) is 4.48. The average molecular weight is 459 g/mol. The Balaban J connectivity index is 2.18. The van der Waals surface area contributed by atoms with Gasteiger partial charge in [-0.3, -0.25) is 4.79 Å². The lowest BCUT2D eigenvalue weighted by molar-refractivity contribution is 0.300. The van der Waals surface area contributed by atoms with Crippen LogP contribution in [0.3, 0.4) is 0 Å². The van der Waals surface area contributed by atoms with E-state index in [-0.39, 0.29) is 46.9 Å². The standard InChI is InChI=1S/C17H18N2O7S3/c20-7-5-18-28(23,24)11-1-3-15-13(9-11)17(22)14-10-12(2-4-16(14)27-15)29(25,26)19-6-8-21/h1-4,9-10,18-21H,5-8H2. The molecule has 0 saturated heterocycles. The fourth-order valence-electron chi connectivity index (χ4n) is 2.68. The Kier molecular flexibility index (Phi) is 6.33. The Hall–Kier alpha value is -1.93. The number of aliphatic hydroxyl groups excluding tert-OH is 2. The van der Waals surface area contributed by atoms with Crippen LogP contribution in [0, 0.1) is 0 Å². The predicted molar refractivity (Wildman–Crippen MR) is 110 cm³/mol. The van der Waals surface area contributed by atoms with E-state index in [0.717, 1.165) is 0 Å². The second-order valence-corrected chi connectivity index (χ2v) is 10.6. The molecule has 4 N–H and O–H groups in total. The molecule has 2 aromatic carbocycles. The Bertz CT molecular complexity index is 1230. The summed E-state index contributed by atoms with van der Waals surface area (Å²) < 4.78 is 54.6. The van der Waals surface area contributed by atoms with Crippen molar-refractivity contribution in [2.45, 2.75) is 9.79 Å². The van der Waals surface area contributed by atoms with Gasteiger partial charge in [-0.15, -0.1) is 11.3 Å². The van der Waals surface area contributed by atoms with Gasteiger partial charge in [0.2, 0.25) is 20.0 Å². The van der Waals surface area contributed by atoms with Gasteiger partial charge in [-0.2, -0.15) is 0 Å². The lowest BCUT2D eigenvalue weighted by atomic mass is 10.2. The lowest BCUT2D eigenvalue weighted by Gasteiger charge is -2.08. The van der Waals surface area contributed by atoms with Gasteiger partial charge in [0.1, 0.15) is 0 Å². The molecule has 29 heavy (non-hydrogen) atoms. The zero-order valence-electron chi connectivity index (χ0n) is 15.0. The molecule has 0 radical (unpaired) electrons. The van der Waals surface area contributed by atoms with Gasteiger partial charge in [-0.25, -0.2) is 26.3 Å². The number of nitrogens with one attached hydrogen (secondary N) is 2. The fraction of sp³-hybridized carbons (Fsp3) is 0.235. The highest BCUT2D eigenvalue weighted by Crippen LogP contribution is 2.28. The van der Waals surface area contributed by atoms with Crippen LogP contribution in [0.15, 0.2) is 51.0 Å². The van der Waals surface area contributed by atoms with Crippen molar-refractivity contribution in [3.05, 3.63) is 46.6 Å². The molecule has 1 heterocycles. The highest BCUT2D eigenvalue weighted by molar-refractivity contribution is 7.89. The van der Waals surface area contributed by atoms with E-state index in [9.17, 15) is 21.6 Å². The molecule has 0 aliphatic rings. The van der Waals surface area contributed by atoms with Crippen molar-refractivity contribution >= 4 is 51.6 Å². The van der Waals surface area contributed by atoms with Crippen molar-refractivity contribution in [1.82, 2.24) is 9.44 Å². The summed E-state index contributed by atoms with van der Waals surface area (Å²) in [6.45, 7) is -1.05. The van der Waals surface area contributed by atoms with E-state index in [1.165, 1.54) is 47.7 Å². The van der Waals surface area contributed by atoms with Crippen LogP contribution in [-0.4, -0.2) is 53.4 Å². The minimum Gasteiger partial charge on any atom is -0.395 e. The summed E-state index contributed by atoms with van der Waals surface area (Å²) in [5, 5.41) is 17.9.